The second-order valence-electron chi connectivity index (χ2n) is 5.51. The molecule has 0 unspecified atom stereocenters. The minimum absolute atomic E-state index is 0.314. The first-order chi connectivity index (χ1) is 11.5. The average molecular weight is 362 g/mol. The fourth-order valence-electron chi connectivity index (χ4n) is 2.65. The monoisotopic (exact) mass is 361 g/mol. The van der Waals surface area contributed by atoms with Crippen LogP contribution in [0, 0.1) is 11.8 Å². The Bertz CT molecular complexity index is 785. The number of hydrogen-bond donors (Lipinski definition) is 1. The van der Waals surface area contributed by atoms with Gasteiger partial charge in [0.15, 0.2) is 5.13 Å². The van der Waals surface area contributed by atoms with Crippen molar-refractivity contribution in [3.8, 4) is 11.3 Å². The standard InChI is InChI=1S/C17H15ClN2O3S/c18-11-7-5-10(6-8-11)14-9-24-17(19-14)20-15(21)12-3-1-2-4-13(12)16(22)23/h1-2,5-9,12-13H,3-4H2,(H,22,23)(H,19,20,21)/p-1/t12-,13+/m0/s1. The molecule has 124 valence electrons. The number of rotatable bonds is 4. The van der Waals surface area contributed by atoms with E-state index < -0.39 is 17.8 Å². The van der Waals surface area contributed by atoms with Crippen molar-refractivity contribution < 1.29 is 14.7 Å². The number of allylic oxidation sites excluding steroid dienone is 2. The Morgan fingerprint density at radius 3 is 2.50 bits per heavy atom. The highest BCUT2D eigenvalue weighted by atomic mass is 35.5. The molecule has 0 saturated heterocycles. The highest BCUT2D eigenvalue weighted by molar-refractivity contribution is 7.14. The Morgan fingerprint density at radius 2 is 1.83 bits per heavy atom. The number of hydrogen-bond acceptors (Lipinski definition) is 5. The van der Waals surface area contributed by atoms with Gasteiger partial charge in [-0.1, -0.05) is 35.9 Å². The van der Waals surface area contributed by atoms with E-state index in [-0.39, 0.29) is 5.91 Å². The van der Waals surface area contributed by atoms with Crippen LogP contribution in [0.3, 0.4) is 0 Å². The van der Waals surface area contributed by atoms with Gasteiger partial charge in [0.05, 0.1) is 11.6 Å². The van der Waals surface area contributed by atoms with E-state index in [2.05, 4.69) is 10.3 Å². The zero-order valence-corrected chi connectivity index (χ0v) is 14.1. The summed E-state index contributed by atoms with van der Waals surface area (Å²) in [6, 6.07) is 7.24. The summed E-state index contributed by atoms with van der Waals surface area (Å²) in [4.78, 5) is 28.0. The number of nitrogens with one attached hydrogen (secondary N) is 1. The van der Waals surface area contributed by atoms with E-state index in [1.165, 1.54) is 11.3 Å². The Labute approximate surface area is 148 Å². The van der Waals surface area contributed by atoms with Crippen LogP contribution >= 0.6 is 22.9 Å². The van der Waals surface area contributed by atoms with Crippen LogP contribution in [0.1, 0.15) is 12.8 Å². The van der Waals surface area contributed by atoms with Crippen molar-refractivity contribution in [3.63, 3.8) is 0 Å². The summed E-state index contributed by atoms with van der Waals surface area (Å²) in [5.41, 5.74) is 1.62. The predicted octanol–water partition coefficient (Wildman–Crippen LogP) is 2.73. The number of amides is 1. The third-order valence-electron chi connectivity index (χ3n) is 3.95. The van der Waals surface area contributed by atoms with Crippen molar-refractivity contribution in [3.05, 3.63) is 46.8 Å². The number of aliphatic carboxylic acids is 1. The van der Waals surface area contributed by atoms with Crippen LogP contribution in [-0.2, 0) is 9.59 Å². The summed E-state index contributed by atoms with van der Waals surface area (Å²) in [5.74, 6) is -2.97. The van der Waals surface area contributed by atoms with E-state index in [9.17, 15) is 14.7 Å². The van der Waals surface area contributed by atoms with Crippen LogP contribution in [-0.4, -0.2) is 16.9 Å². The zero-order valence-electron chi connectivity index (χ0n) is 12.6. The molecule has 0 radical (unpaired) electrons. The molecule has 0 fully saturated rings. The molecule has 7 heteroatoms. The third kappa shape index (κ3) is 3.66. The number of halogens is 1. The van der Waals surface area contributed by atoms with Crippen molar-refractivity contribution in [1.82, 2.24) is 4.98 Å². The summed E-state index contributed by atoms with van der Waals surface area (Å²) in [6.07, 6.45) is 4.30. The van der Waals surface area contributed by atoms with Crippen molar-refractivity contribution in [2.24, 2.45) is 11.8 Å². The lowest BCUT2D eigenvalue weighted by Crippen LogP contribution is -2.41. The van der Waals surface area contributed by atoms with E-state index >= 15 is 0 Å². The molecule has 1 aromatic heterocycles. The van der Waals surface area contributed by atoms with Gasteiger partial charge in [0.1, 0.15) is 0 Å². The van der Waals surface area contributed by atoms with E-state index in [0.29, 0.717) is 23.0 Å². The molecule has 2 aromatic rings. The lowest BCUT2D eigenvalue weighted by Gasteiger charge is -2.27. The number of carbonyl (C=O) groups is 2. The lowest BCUT2D eigenvalue weighted by atomic mass is 9.82. The predicted molar refractivity (Wildman–Crippen MR) is 91.6 cm³/mol. The second-order valence-corrected chi connectivity index (χ2v) is 6.80. The maximum atomic E-state index is 12.4. The average Bonchev–Trinajstić information content (AvgIpc) is 3.04. The summed E-state index contributed by atoms with van der Waals surface area (Å²) < 4.78 is 0. The first-order valence-electron chi connectivity index (χ1n) is 7.43. The molecule has 0 spiro atoms. The van der Waals surface area contributed by atoms with Crippen molar-refractivity contribution >= 4 is 39.9 Å². The quantitative estimate of drug-likeness (QED) is 0.849. The lowest BCUT2D eigenvalue weighted by molar-refractivity contribution is -0.313. The van der Waals surface area contributed by atoms with Gasteiger partial charge in [-0.15, -0.1) is 11.3 Å². The van der Waals surface area contributed by atoms with Gasteiger partial charge in [0, 0.05) is 27.9 Å². The van der Waals surface area contributed by atoms with E-state index in [0.717, 1.165) is 11.3 Å². The molecular weight excluding hydrogens is 348 g/mol. The Kier molecular flexibility index (Phi) is 4.97. The summed E-state index contributed by atoms with van der Waals surface area (Å²) in [6.45, 7) is 0. The van der Waals surface area contributed by atoms with Gasteiger partial charge < -0.3 is 15.2 Å². The minimum Gasteiger partial charge on any atom is -0.550 e. The molecule has 0 saturated carbocycles. The molecule has 2 atom stereocenters. The van der Waals surface area contributed by atoms with Gasteiger partial charge in [0.2, 0.25) is 5.91 Å². The molecule has 1 aliphatic carbocycles. The number of thiazole rings is 1. The van der Waals surface area contributed by atoms with Crippen molar-refractivity contribution in [2.45, 2.75) is 12.8 Å². The molecule has 0 bridgehead atoms. The first kappa shape index (κ1) is 16.7. The topological polar surface area (TPSA) is 82.1 Å². The zero-order chi connectivity index (χ0) is 17.1. The van der Waals surface area contributed by atoms with E-state index in [1.54, 1.807) is 18.2 Å². The van der Waals surface area contributed by atoms with Gasteiger partial charge in [-0.2, -0.15) is 0 Å². The fourth-order valence-corrected chi connectivity index (χ4v) is 3.50. The number of anilines is 1. The van der Waals surface area contributed by atoms with Crippen molar-refractivity contribution in [2.75, 3.05) is 5.32 Å². The Hall–Kier alpha value is -2.18. The number of benzene rings is 1. The molecule has 1 aromatic carbocycles. The maximum absolute atomic E-state index is 12.4. The first-order valence-corrected chi connectivity index (χ1v) is 8.68. The van der Waals surface area contributed by atoms with Gasteiger partial charge in [-0.25, -0.2) is 4.98 Å². The van der Waals surface area contributed by atoms with Crippen LogP contribution in [0.15, 0.2) is 41.8 Å². The van der Waals surface area contributed by atoms with Crippen LogP contribution < -0.4 is 10.4 Å². The molecular formula is C17H14ClN2O3S-. The number of nitrogens with zero attached hydrogens (tertiary/aromatic N) is 1. The molecule has 1 N–H and O–H groups in total. The van der Waals surface area contributed by atoms with Gasteiger partial charge >= 0.3 is 0 Å². The van der Waals surface area contributed by atoms with Crippen LogP contribution in [0.4, 0.5) is 5.13 Å². The normalized spacial score (nSPS) is 19.9. The van der Waals surface area contributed by atoms with Crippen LogP contribution in [0.2, 0.25) is 5.02 Å². The smallest absolute Gasteiger partial charge is 0.230 e. The highest BCUT2D eigenvalue weighted by Crippen LogP contribution is 2.29. The van der Waals surface area contributed by atoms with Gasteiger partial charge in [0.25, 0.3) is 0 Å². The number of carbonyl (C=O) groups excluding carboxylic acids is 2. The molecule has 0 aliphatic heterocycles. The van der Waals surface area contributed by atoms with Gasteiger partial charge in [-0.05, 0) is 25.0 Å². The molecule has 5 nitrogen and oxygen atoms in total. The largest absolute Gasteiger partial charge is 0.550 e. The molecule has 1 heterocycles. The second kappa shape index (κ2) is 7.15. The SMILES string of the molecule is O=C(Nc1nc(-c2ccc(Cl)cc2)cs1)[C@H]1CC=CC[C@H]1C(=O)[O-]. The van der Waals surface area contributed by atoms with E-state index in [1.807, 2.05) is 23.6 Å². The van der Waals surface area contributed by atoms with E-state index in [4.69, 9.17) is 11.6 Å². The molecule has 1 amide bonds. The summed E-state index contributed by atoms with van der Waals surface area (Å²) in [7, 11) is 0. The molecule has 24 heavy (non-hydrogen) atoms. The summed E-state index contributed by atoms with van der Waals surface area (Å²) in [5, 5.41) is 16.8. The maximum Gasteiger partial charge on any atom is 0.230 e. The number of carboxylic acid groups (broad SMARTS) is 1. The number of carboxylic acids is 1. The molecule has 1 aliphatic rings. The molecule has 3 rings (SSSR count). The van der Waals surface area contributed by atoms with Crippen LogP contribution in [0.25, 0.3) is 11.3 Å². The highest BCUT2D eigenvalue weighted by Gasteiger charge is 2.30. The third-order valence-corrected chi connectivity index (χ3v) is 4.96. The minimum atomic E-state index is -1.19. The van der Waals surface area contributed by atoms with Crippen molar-refractivity contribution in [1.29, 1.82) is 0 Å². The van der Waals surface area contributed by atoms with Gasteiger partial charge in [-0.3, -0.25) is 4.79 Å². The number of aromatic nitrogens is 1. The Balaban J connectivity index is 1.72. The summed E-state index contributed by atoms with van der Waals surface area (Å²) >= 11 is 7.16. The Morgan fingerprint density at radius 1 is 1.17 bits per heavy atom. The fraction of sp³-hybridized carbons (Fsp3) is 0.235. The van der Waals surface area contributed by atoms with Crippen LogP contribution in [0.5, 0.6) is 0 Å².